The van der Waals surface area contributed by atoms with Crippen molar-refractivity contribution in [2.45, 2.75) is 39.7 Å². The maximum Gasteiger partial charge on any atom is 0.305 e. The molecule has 4 nitrogen and oxygen atoms in total. The van der Waals surface area contributed by atoms with Gasteiger partial charge in [-0.15, -0.1) is 0 Å². The lowest BCUT2D eigenvalue weighted by molar-refractivity contribution is -0.137. The molecule has 1 unspecified atom stereocenters. The zero-order valence-corrected chi connectivity index (χ0v) is 8.83. The first-order chi connectivity index (χ1) is 6.45. The SMILES string of the molecule is CCC(CC(=O)O)NC(=O)C=C(C)C. The lowest BCUT2D eigenvalue weighted by Crippen LogP contribution is -2.35. The van der Waals surface area contributed by atoms with Crippen molar-refractivity contribution < 1.29 is 14.7 Å². The molecule has 0 heterocycles. The summed E-state index contributed by atoms with van der Waals surface area (Å²) in [6.07, 6.45) is 2.05. The lowest BCUT2D eigenvalue weighted by Gasteiger charge is -2.13. The van der Waals surface area contributed by atoms with Crippen LogP contribution >= 0.6 is 0 Å². The van der Waals surface area contributed by atoms with Gasteiger partial charge >= 0.3 is 5.97 Å². The molecule has 2 N–H and O–H groups in total. The van der Waals surface area contributed by atoms with Crippen molar-refractivity contribution in [3.63, 3.8) is 0 Å². The Morgan fingerprint density at radius 3 is 2.36 bits per heavy atom. The molecule has 80 valence electrons. The van der Waals surface area contributed by atoms with Crippen LogP contribution in [0, 0.1) is 0 Å². The fourth-order valence-corrected chi connectivity index (χ4v) is 1.01. The van der Waals surface area contributed by atoms with Crippen LogP contribution in [0.3, 0.4) is 0 Å². The van der Waals surface area contributed by atoms with Gasteiger partial charge < -0.3 is 10.4 Å². The van der Waals surface area contributed by atoms with E-state index in [1.165, 1.54) is 6.08 Å². The van der Waals surface area contributed by atoms with E-state index in [0.717, 1.165) is 5.57 Å². The van der Waals surface area contributed by atoms with E-state index in [4.69, 9.17) is 5.11 Å². The summed E-state index contributed by atoms with van der Waals surface area (Å²) in [5.41, 5.74) is 0.896. The first kappa shape index (κ1) is 12.7. The molecule has 4 heteroatoms. The van der Waals surface area contributed by atoms with Crippen LogP contribution in [0.25, 0.3) is 0 Å². The van der Waals surface area contributed by atoms with Crippen LogP contribution in [0.1, 0.15) is 33.6 Å². The number of amides is 1. The number of aliphatic carboxylic acids is 1. The van der Waals surface area contributed by atoms with Crippen LogP contribution in [0.15, 0.2) is 11.6 Å². The van der Waals surface area contributed by atoms with Gasteiger partial charge in [0.1, 0.15) is 0 Å². The molecule has 1 atom stereocenters. The molecule has 0 rings (SSSR count). The molecule has 0 aliphatic rings. The van der Waals surface area contributed by atoms with E-state index in [9.17, 15) is 9.59 Å². The normalized spacial score (nSPS) is 11.6. The fourth-order valence-electron chi connectivity index (χ4n) is 1.01. The Bertz CT molecular complexity index is 242. The number of carboxylic acids is 1. The van der Waals surface area contributed by atoms with Gasteiger partial charge in [-0.3, -0.25) is 9.59 Å². The molecule has 0 radical (unpaired) electrons. The Balaban J connectivity index is 4.12. The van der Waals surface area contributed by atoms with Crippen LogP contribution in [0.2, 0.25) is 0 Å². The third-order valence-corrected chi connectivity index (χ3v) is 1.68. The van der Waals surface area contributed by atoms with E-state index >= 15 is 0 Å². The molecule has 0 saturated carbocycles. The summed E-state index contributed by atoms with van der Waals surface area (Å²) >= 11 is 0. The molecular weight excluding hydrogens is 182 g/mol. The zero-order valence-electron chi connectivity index (χ0n) is 8.83. The fraction of sp³-hybridized carbons (Fsp3) is 0.600. The van der Waals surface area contributed by atoms with Gasteiger partial charge in [0, 0.05) is 12.1 Å². The summed E-state index contributed by atoms with van der Waals surface area (Å²) in [5, 5.41) is 11.2. The molecule has 0 aromatic heterocycles. The highest BCUT2D eigenvalue weighted by Crippen LogP contribution is 1.98. The van der Waals surface area contributed by atoms with Gasteiger partial charge in [0.2, 0.25) is 5.91 Å². The molecule has 0 aliphatic carbocycles. The van der Waals surface area contributed by atoms with Gasteiger partial charge in [-0.2, -0.15) is 0 Å². The Kier molecular flexibility index (Phi) is 5.60. The quantitative estimate of drug-likeness (QED) is 0.656. The molecule has 0 spiro atoms. The van der Waals surface area contributed by atoms with Crippen molar-refractivity contribution in [2.75, 3.05) is 0 Å². The first-order valence-electron chi connectivity index (χ1n) is 4.63. The molecule has 0 saturated heterocycles. The zero-order chi connectivity index (χ0) is 11.1. The van der Waals surface area contributed by atoms with Crippen molar-refractivity contribution in [2.24, 2.45) is 0 Å². The summed E-state index contributed by atoms with van der Waals surface area (Å²) < 4.78 is 0. The highest BCUT2D eigenvalue weighted by atomic mass is 16.4. The van der Waals surface area contributed by atoms with E-state index in [1.807, 2.05) is 20.8 Å². The number of nitrogens with one attached hydrogen (secondary N) is 1. The first-order valence-corrected chi connectivity index (χ1v) is 4.63. The summed E-state index contributed by atoms with van der Waals surface area (Å²) in [7, 11) is 0. The average molecular weight is 199 g/mol. The number of carbonyl (C=O) groups excluding carboxylic acids is 1. The van der Waals surface area contributed by atoms with Gasteiger partial charge in [-0.1, -0.05) is 12.5 Å². The predicted octanol–water partition coefficient (Wildman–Crippen LogP) is 1.32. The molecule has 0 aromatic carbocycles. The number of hydrogen-bond acceptors (Lipinski definition) is 2. The van der Waals surface area contributed by atoms with Gasteiger partial charge in [-0.25, -0.2) is 0 Å². The minimum Gasteiger partial charge on any atom is -0.481 e. The second-order valence-electron chi connectivity index (χ2n) is 3.43. The largest absolute Gasteiger partial charge is 0.481 e. The monoisotopic (exact) mass is 199 g/mol. The van der Waals surface area contributed by atoms with Crippen LogP contribution in [0.5, 0.6) is 0 Å². The maximum absolute atomic E-state index is 11.2. The molecule has 1 amide bonds. The van der Waals surface area contributed by atoms with Crippen LogP contribution in [-0.2, 0) is 9.59 Å². The van der Waals surface area contributed by atoms with E-state index in [-0.39, 0.29) is 18.4 Å². The van der Waals surface area contributed by atoms with E-state index in [2.05, 4.69) is 5.32 Å². The van der Waals surface area contributed by atoms with Crippen molar-refractivity contribution >= 4 is 11.9 Å². The Morgan fingerprint density at radius 1 is 1.43 bits per heavy atom. The average Bonchev–Trinajstić information content (AvgIpc) is 2.00. The predicted molar refractivity (Wildman–Crippen MR) is 53.9 cm³/mol. The summed E-state index contributed by atoms with van der Waals surface area (Å²) in [5.74, 6) is -1.12. The van der Waals surface area contributed by atoms with Gasteiger partial charge in [0.25, 0.3) is 0 Å². The van der Waals surface area contributed by atoms with E-state index < -0.39 is 5.97 Å². The standard InChI is InChI=1S/C10H17NO3/c1-4-8(6-10(13)14)11-9(12)5-7(2)3/h5,8H,4,6H2,1-3H3,(H,11,12)(H,13,14). The van der Waals surface area contributed by atoms with E-state index in [0.29, 0.717) is 6.42 Å². The Labute approximate surface area is 84.0 Å². The molecule has 14 heavy (non-hydrogen) atoms. The summed E-state index contributed by atoms with van der Waals surface area (Å²) in [6.45, 7) is 5.48. The van der Waals surface area contributed by atoms with Crippen molar-refractivity contribution in [3.05, 3.63) is 11.6 Å². The molecule has 0 aromatic rings. The van der Waals surface area contributed by atoms with Crippen molar-refractivity contribution in [1.82, 2.24) is 5.32 Å². The van der Waals surface area contributed by atoms with Crippen LogP contribution in [-0.4, -0.2) is 23.0 Å². The second-order valence-corrected chi connectivity index (χ2v) is 3.43. The maximum atomic E-state index is 11.2. The number of allylic oxidation sites excluding steroid dienone is 1. The smallest absolute Gasteiger partial charge is 0.305 e. The third kappa shape index (κ3) is 6.22. The minimum atomic E-state index is -0.894. The number of rotatable bonds is 5. The Morgan fingerprint density at radius 2 is 2.00 bits per heavy atom. The van der Waals surface area contributed by atoms with Gasteiger partial charge in [0.15, 0.2) is 0 Å². The number of carbonyl (C=O) groups is 2. The number of carboxylic acid groups (broad SMARTS) is 1. The van der Waals surface area contributed by atoms with Crippen molar-refractivity contribution in [3.8, 4) is 0 Å². The highest BCUT2D eigenvalue weighted by Gasteiger charge is 2.12. The summed E-state index contributed by atoms with van der Waals surface area (Å²) in [6, 6.07) is -0.282. The topological polar surface area (TPSA) is 66.4 Å². The van der Waals surface area contributed by atoms with Crippen LogP contribution in [0.4, 0.5) is 0 Å². The van der Waals surface area contributed by atoms with Crippen molar-refractivity contribution in [1.29, 1.82) is 0 Å². The molecule has 0 aliphatic heterocycles. The molecular formula is C10H17NO3. The summed E-state index contributed by atoms with van der Waals surface area (Å²) in [4.78, 5) is 21.6. The third-order valence-electron chi connectivity index (χ3n) is 1.68. The Hall–Kier alpha value is -1.32. The minimum absolute atomic E-state index is 0.0289. The van der Waals surface area contributed by atoms with E-state index in [1.54, 1.807) is 0 Å². The highest BCUT2D eigenvalue weighted by molar-refractivity contribution is 5.88. The molecule has 0 bridgehead atoms. The van der Waals surface area contributed by atoms with Gasteiger partial charge in [0.05, 0.1) is 6.42 Å². The second kappa shape index (κ2) is 6.18. The van der Waals surface area contributed by atoms with Crippen LogP contribution < -0.4 is 5.32 Å². The number of hydrogen-bond donors (Lipinski definition) is 2. The molecule has 0 fully saturated rings. The lowest BCUT2D eigenvalue weighted by atomic mass is 10.1. The van der Waals surface area contributed by atoms with Gasteiger partial charge in [-0.05, 0) is 20.3 Å².